The average Bonchev–Trinajstić information content (AvgIpc) is 3.09. The van der Waals surface area contributed by atoms with Crippen molar-refractivity contribution in [2.24, 2.45) is 0 Å². The number of aromatic carboxylic acids is 1. The number of carboxylic acid groups (broad SMARTS) is 1. The number of aryl methyl sites for hydroxylation is 1. The molecule has 11 heteroatoms. The van der Waals surface area contributed by atoms with E-state index in [1.807, 2.05) is 0 Å². The van der Waals surface area contributed by atoms with Gasteiger partial charge in [-0.1, -0.05) is 29.3 Å². The maximum Gasteiger partial charge on any atom is 0.353 e. The van der Waals surface area contributed by atoms with Crippen LogP contribution in [0.2, 0.25) is 10.0 Å². The van der Waals surface area contributed by atoms with Crippen molar-refractivity contribution in [1.82, 2.24) is 9.55 Å². The minimum absolute atomic E-state index is 0.122. The third-order valence-electron chi connectivity index (χ3n) is 4.37. The van der Waals surface area contributed by atoms with Crippen molar-refractivity contribution in [2.45, 2.75) is 13.0 Å². The molecule has 0 saturated carbocycles. The number of carbonyl (C=O) groups is 1. The summed E-state index contributed by atoms with van der Waals surface area (Å²) in [5, 5.41) is 24.3. The summed E-state index contributed by atoms with van der Waals surface area (Å²) in [7, 11) is 0. The van der Waals surface area contributed by atoms with E-state index in [-0.39, 0.29) is 17.2 Å². The molecule has 3 rings (SSSR count). The molecule has 2 aromatic heterocycles. The Balaban J connectivity index is 1.69. The Morgan fingerprint density at radius 3 is 2.63 bits per heavy atom. The lowest BCUT2D eigenvalue weighted by Crippen LogP contribution is -2.12. The van der Waals surface area contributed by atoms with Crippen LogP contribution in [0.25, 0.3) is 11.1 Å². The molecule has 0 bridgehead atoms. The number of benzene rings is 1. The van der Waals surface area contributed by atoms with Gasteiger partial charge in [0, 0.05) is 46.5 Å². The zero-order chi connectivity index (χ0) is 21.8. The first-order valence-electron chi connectivity index (χ1n) is 8.80. The Bertz CT molecular complexity index is 1120. The zero-order valence-corrected chi connectivity index (χ0v) is 17.0. The van der Waals surface area contributed by atoms with Crippen LogP contribution in [0.1, 0.15) is 16.9 Å². The number of nitrogens with zero attached hydrogens (tertiary/aromatic N) is 3. The van der Waals surface area contributed by atoms with Gasteiger partial charge in [0.1, 0.15) is 11.5 Å². The van der Waals surface area contributed by atoms with Crippen molar-refractivity contribution < 1.29 is 14.8 Å². The molecule has 1 aromatic carbocycles. The van der Waals surface area contributed by atoms with Crippen molar-refractivity contribution in [3.8, 4) is 11.1 Å². The molecule has 0 aliphatic rings. The van der Waals surface area contributed by atoms with Gasteiger partial charge in [0.2, 0.25) is 5.82 Å². The number of hydrogen-bond acceptors (Lipinski definition) is 6. The lowest BCUT2D eigenvalue weighted by atomic mass is 10.1. The third-order valence-corrected chi connectivity index (χ3v) is 4.92. The maximum absolute atomic E-state index is 11.8. The summed E-state index contributed by atoms with van der Waals surface area (Å²) in [4.78, 5) is 26.0. The van der Waals surface area contributed by atoms with E-state index in [1.54, 1.807) is 35.0 Å². The summed E-state index contributed by atoms with van der Waals surface area (Å²) in [5.41, 5.74) is 6.52. The van der Waals surface area contributed by atoms with Crippen LogP contribution < -0.4 is 11.1 Å². The highest BCUT2D eigenvalue weighted by Crippen LogP contribution is 2.33. The van der Waals surface area contributed by atoms with Crippen LogP contribution >= 0.6 is 23.2 Å². The van der Waals surface area contributed by atoms with Crippen LogP contribution in [0.5, 0.6) is 0 Å². The van der Waals surface area contributed by atoms with Gasteiger partial charge >= 0.3 is 11.7 Å². The van der Waals surface area contributed by atoms with Crippen LogP contribution in [-0.2, 0) is 6.54 Å². The number of aromatic nitrogens is 2. The first-order valence-corrected chi connectivity index (χ1v) is 9.56. The highest BCUT2D eigenvalue weighted by molar-refractivity contribution is 6.36. The van der Waals surface area contributed by atoms with E-state index >= 15 is 0 Å². The Kier molecular flexibility index (Phi) is 6.43. The molecule has 30 heavy (non-hydrogen) atoms. The Hall–Kier alpha value is -3.30. The van der Waals surface area contributed by atoms with E-state index in [9.17, 15) is 20.0 Å². The van der Waals surface area contributed by atoms with Crippen LogP contribution in [0, 0.1) is 10.1 Å². The molecule has 3 aromatic rings. The van der Waals surface area contributed by atoms with Crippen LogP contribution in [0.3, 0.4) is 0 Å². The summed E-state index contributed by atoms with van der Waals surface area (Å²) in [6.45, 7) is 0.876. The minimum atomic E-state index is -1.07. The molecule has 0 aliphatic heterocycles. The fraction of sp³-hybridized carbons (Fsp3) is 0.158. The van der Waals surface area contributed by atoms with Crippen LogP contribution in [0.15, 0.2) is 42.6 Å². The number of rotatable bonds is 8. The highest BCUT2D eigenvalue weighted by atomic mass is 35.5. The predicted molar refractivity (Wildman–Crippen MR) is 115 cm³/mol. The first-order chi connectivity index (χ1) is 14.3. The van der Waals surface area contributed by atoms with Crippen LogP contribution in [0.4, 0.5) is 17.3 Å². The number of hydrogen-bond donors (Lipinski definition) is 3. The lowest BCUT2D eigenvalue weighted by Gasteiger charge is -2.10. The second kappa shape index (κ2) is 9.02. The summed E-state index contributed by atoms with van der Waals surface area (Å²) in [6, 6.07) is 9.34. The fourth-order valence-corrected chi connectivity index (χ4v) is 3.52. The molecule has 0 amide bonds. The van der Waals surface area contributed by atoms with Gasteiger partial charge in [-0.3, -0.25) is 10.1 Å². The highest BCUT2D eigenvalue weighted by Gasteiger charge is 2.19. The smallest absolute Gasteiger partial charge is 0.353 e. The van der Waals surface area contributed by atoms with Gasteiger partial charge in [0.25, 0.3) is 0 Å². The molecule has 0 saturated heterocycles. The minimum Gasteiger partial charge on any atom is -0.477 e. The number of nitrogens with two attached hydrogens (primary N) is 1. The molecule has 9 nitrogen and oxygen atoms in total. The molecule has 0 spiro atoms. The molecule has 0 atom stereocenters. The number of pyridine rings is 1. The first kappa shape index (κ1) is 21.4. The molecular formula is C19H17Cl2N5O4. The van der Waals surface area contributed by atoms with Gasteiger partial charge in [-0.05, 0) is 30.7 Å². The SMILES string of the molecule is Nc1nc(NCCCn2ccc(-c3ccc(Cl)cc3Cl)c2C(=O)O)ccc1[N+](=O)[O-]. The number of nitrogens with one attached hydrogen (secondary N) is 1. The van der Waals surface area contributed by atoms with E-state index in [4.69, 9.17) is 28.9 Å². The maximum atomic E-state index is 11.8. The standard InChI is InChI=1S/C19H17Cl2N5O4/c20-11-2-3-12(14(21)10-11)13-6-9-25(17(13)19(27)28)8-1-7-23-16-5-4-15(26(29)30)18(22)24-16/h2-6,9-10H,1,7-8H2,(H,27,28)(H3,22,23,24). The molecular weight excluding hydrogens is 433 g/mol. The number of nitrogen functional groups attached to an aromatic ring is 1. The quantitative estimate of drug-likeness (QED) is 0.260. The number of anilines is 2. The normalized spacial score (nSPS) is 10.7. The summed E-state index contributed by atoms with van der Waals surface area (Å²) in [5.74, 6) is -0.843. The van der Waals surface area contributed by atoms with E-state index < -0.39 is 10.9 Å². The van der Waals surface area contributed by atoms with Gasteiger partial charge in [-0.25, -0.2) is 9.78 Å². The van der Waals surface area contributed by atoms with Crippen molar-refractivity contribution in [3.63, 3.8) is 0 Å². The molecule has 4 N–H and O–H groups in total. The topological polar surface area (TPSA) is 136 Å². The van der Waals surface area contributed by atoms with E-state index in [0.717, 1.165) is 0 Å². The molecule has 0 radical (unpaired) electrons. The number of nitro groups is 1. The third kappa shape index (κ3) is 4.64. The van der Waals surface area contributed by atoms with E-state index in [0.29, 0.717) is 46.5 Å². The monoisotopic (exact) mass is 449 g/mol. The second-order valence-electron chi connectivity index (χ2n) is 6.34. The molecule has 0 aliphatic carbocycles. The number of carboxylic acids is 1. The zero-order valence-electron chi connectivity index (χ0n) is 15.5. The van der Waals surface area contributed by atoms with Gasteiger partial charge in [0.15, 0.2) is 0 Å². The van der Waals surface area contributed by atoms with Crippen molar-refractivity contribution in [1.29, 1.82) is 0 Å². The second-order valence-corrected chi connectivity index (χ2v) is 7.18. The van der Waals surface area contributed by atoms with Crippen molar-refractivity contribution in [2.75, 3.05) is 17.6 Å². The predicted octanol–water partition coefficient (Wildman–Crippen LogP) is 4.55. The fourth-order valence-electron chi connectivity index (χ4n) is 3.01. The van der Waals surface area contributed by atoms with E-state index in [1.165, 1.54) is 12.1 Å². The largest absolute Gasteiger partial charge is 0.477 e. The van der Waals surface area contributed by atoms with Crippen molar-refractivity contribution in [3.05, 3.63) is 68.4 Å². The van der Waals surface area contributed by atoms with Gasteiger partial charge < -0.3 is 20.7 Å². The molecule has 156 valence electrons. The lowest BCUT2D eigenvalue weighted by molar-refractivity contribution is -0.384. The Morgan fingerprint density at radius 1 is 1.23 bits per heavy atom. The molecule has 0 fully saturated rings. The summed E-state index contributed by atoms with van der Waals surface area (Å²) in [6.07, 6.45) is 2.26. The van der Waals surface area contributed by atoms with Crippen molar-refractivity contribution >= 4 is 46.5 Å². The van der Waals surface area contributed by atoms with Gasteiger partial charge in [-0.15, -0.1) is 0 Å². The van der Waals surface area contributed by atoms with Crippen LogP contribution in [-0.4, -0.2) is 32.1 Å². The summed E-state index contributed by atoms with van der Waals surface area (Å²) < 4.78 is 1.63. The van der Waals surface area contributed by atoms with Gasteiger partial charge in [0.05, 0.1) is 4.92 Å². The van der Waals surface area contributed by atoms with Gasteiger partial charge in [-0.2, -0.15) is 0 Å². The molecule has 0 unspecified atom stereocenters. The molecule has 2 heterocycles. The summed E-state index contributed by atoms with van der Waals surface area (Å²) >= 11 is 12.2. The Labute approximate surface area is 181 Å². The van der Waals surface area contributed by atoms with E-state index in [2.05, 4.69) is 10.3 Å². The number of halogens is 2. The average molecular weight is 450 g/mol. The Morgan fingerprint density at radius 2 is 2.00 bits per heavy atom.